The van der Waals surface area contributed by atoms with E-state index in [9.17, 15) is 4.57 Å². The highest BCUT2D eigenvalue weighted by Crippen LogP contribution is 2.51. The first-order valence-electron chi connectivity index (χ1n) is 7.32. The van der Waals surface area contributed by atoms with Crippen LogP contribution in [-0.4, -0.2) is 18.2 Å². The molecule has 0 unspecified atom stereocenters. The Hall–Kier alpha value is -1.20. The molecule has 0 bridgehead atoms. The molecule has 0 saturated heterocycles. The number of rotatable bonds is 8. The van der Waals surface area contributed by atoms with Gasteiger partial charge in [-0.25, -0.2) is 4.98 Å². The smallest absolute Gasteiger partial charge is 0.335 e. The van der Waals surface area contributed by atoms with Crippen LogP contribution in [0.15, 0.2) is 47.1 Å². The van der Waals surface area contributed by atoms with Crippen LogP contribution in [0.25, 0.3) is 0 Å². The maximum atomic E-state index is 12.6. The van der Waals surface area contributed by atoms with E-state index in [-0.39, 0.29) is 6.16 Å². The maximum absolute atomic E-state index is 12.6. The van der Waals surface area contributed by atoms with E-state index in [4.69, 9.17) is 13.8 Å². The van der Waals surface area contributed by atoms with E-state index in [0.717, 1.165) is 5.56 Å². The number of nitrogens with zero attached hydrogens (tertiary/aromatic N) is 1. The number of hydrogen-bond donors (Lipinski definition) is 0. The van der Waals surface area contributed by atoms with Crippen molar-refractivity contribution in [1.29, 1.82) is 0 Å². The second kappa shape index (κ2) is 8.60. The molecule has 124 valence electrons. The van der Waals surface area contributed by atoms with Gasteiger partial charge in [0.05, 0.1) is 19.4 Å². The summed E-state index contributed by atoms with van der Waals surface area (Å²) in [7, 11) is -3.13. The molecule has 0 amide bonds. The summed E-state index contributed by atoms with van der Waals surface area (Å²) in [5, 5.41) is 0. The third-order valence-corrected chi connectivity index (χ3v) is 5.34. The average molecular weight is 400 g/mol. The summed E-state index contributed by atoms with van der Waals surface area (Å²) in [5.41, 5.74) is 0.822. The quantitative estimate of drug-likeness (QED) is 0.439. The molecule has 0 aliphatic heterocycles. The average Bonchev–Trinajstić information content (AvgIpc) is 2.47. The lowest BCUT2D eigenvalue weighted by atomic mass is 10.2. The molecule has 23 heavy (non-hydrogen) atoms. The number of ether oxygens (including phenoxy) is 1. The van der Waals surface area contributed by atoms with Crippen molar-refractivity contribution in [3.8, 4) is 11.6 Å². The number of pyridine rings is 1. The van der Waals surface area contributed by atoms with Crippen molar-refractivity contribution in [2.24, 2.45) is 0 Å². The normalized spacial score (nSPS) is 11.4. The predicted molar refractivity (Wildman–Crippen MR) is 93.0 cm³/mol. The van der Waals surface area contributed by atoms with Crippen molar-refractivity contribution in [3.63, 3.8) is 0 Å². The zero-order chi connectivity index (χ0) is 16.7. The van der Waals surface area contributed by atoms with E-state index in [1.165, 1.54) is 0 Å². The lowest BCUT2D eigenvalue weighted by molar-refractivity contribution is 0.219. The second-order valence-corrected chi connectivity index (χ2v) is 7.52. The van der Waals surface area contributed by atoms with Crippen LogP contribution in [0.2, 0.25) is 0 Å². The summed E-state index contributed by atoms with van der Waals surface area (Å²) < 4.78 is 29.7. The van der Waals surface area contributed by atoms with Gasteiger partial charge in [0.1, 0.15) is 10.4 Å². The number of aromatic nitrogens is 1. The molecule has 1 aromatic heterocycles. The van der Waals surface area contributed by atoms with Crippen molar-refractivity contribution in [3.05, 3.63) is 52.6 Å². The van der Waals surface area contributed by atoms with Crippen molar-refractivity contribution >= 4 is 23.5 Å². The third kappa shape index (κ3) is 5.74. The van der Waals surface area contributed by atoms with Gasteiger partial charge in [-0.15, -0.1) is 0 Å². The Morgan fingerprint density at radius 2 is 1.78 bits per heavy atom. The molecule has 0 aliphatic carbocycles. The van der Waals surface area contributed by atoms with Crippen LogP contribution >= 0.6 is 23.5 Å². The molecule has 5 nitrogen and oxygen atoms in total. The van der Waals surface area contributed by atoms with Crippen molar-refractivity contribution in [2.45, 2.75) is 20.0 Å². The molecule has 1 heterocycles. The molecule has 2 rings (SSSR count). The molecule has 0 aliphatic rings. The minimum atomic E-state index is -3.13. The lowest BCUT2D eigenvalue weighted by Gasteiger charge is -2.17. The predicted octanol–water partition coefficient (Wildman–Crippen LogP) is 5.40. The van der Waals surface area contributed by atoms with Crippen LogP contribution in [0.5, 0.6) is 11.6 Å². The van der Waals surface area contributed by atoms with Crippen LogP contribution in [0.4, 0.5) is 0 Å². The van der Waals surface area contributed by atoms with Gasteiger partial charge in [0, 0.05) is 6.07 Å². The first-order chi connectivity index (χ1) is 11.0. The minimum Gasteiger partial charge on any atom is -0.439 e. The second-order valence-electron chi connectivity index (χ2n) is 4.65. The van der Waals surface area contributed by atoms with Crippen molar-refractivity contribution in [2.75, 3.05) is 13.2 Å². The highest BCUT2D eigenvalue weighted by Gasteiger charge is 2.24. The molecule has 0 saturated carbocycles. The van der Waals surface area contributed by atoms with Crippen LogP contribution in [0.3, 0.4) is 0 Å². The Labute approximate surface area is 144 Å². The Kier molecular flexibility index (Phi) is 6.78. The van der Waals surface area contributed by atoms with Gasteiger partial charge in [0.15, 0.2) is 0 Å². The highest BCUT2D eigenvalue weighted by molar-refractivity contribution is 9.10. The van der Waals surface area contributed by atoms with Gasteiger partial charge in [0.25, 0.3) is 0 Å². The van der Waals surface area contributed by atoms with Crippen molar-refractivity contribution < 1.29 is 18.3 Å². The van der Waals surface area contributed by atoms with Gasteiger partial charge in [0.2, 0.25) is 5.88 Å². The molecule has 2 aromatic rings. The van der Waals surface area contributed by atoms with Gasteiger partial charge >= 0.3 is 7.60 Å². The summed E-state index contributed by atoms with van der Waals surface area (Å²) in [6.07, 6.45) is 0.206. The van der Waals surface area contributed by atoms with Gasteiger partial charge in [-0.05, 0) is 53.5 Å². The van der Waals surface area contributed by atoms with Gasteiger partial charge in [-0.3, -0.25) is 4.57 Å². The van der Waals surface area contributed by atoms with E-state index in [2.05, 4.69) is 20.9 Å². The summed E-state index contributed by atoms with van der Waals surface area (Å²) in [6, 6.07) is 12.8. The number of hydrogen-bond acceptors (Lipinski definition) is 5. The molecular formula is C16H19BrNO4P. The summed E-state index contributed by atoms with van der Waals surface area (Å²) >= 11 is 3.30. The first-order valence-corrected chi connectivity index (χ1v) is 9.84. The molecule has 0 atom stereocenters. The fourth-order valence-corrected chi connectivity index (χ4v) is 4.04. The third-order valence-electron chi connectivity index (χ3n) is 2.84. The van der Waals surface area contributed by atoms with E-state index in [0.29, 0.717) is 29.4 Å². The van der Waals surface area contributed by atoms with Gasteiger partial charge in [-0.1, -0.05) is 18.2 Å². The zero-order valence-electron chi connectivity index (χ0n) is 13.1. The fraction of sp³-hybridized carbons (Fsp3) is 0.312. The van der Waals surface area contributed by atoms with Crippen LogP contribution in [0, 0.1) is 0 Å². The molecule has 0 spiro atoms. The number of benzene rings is 1. The minimum absolute atomic E-state index is 0.206. The van der Waals surface area contributed by atoms with E-state index < -0.39 is 7.60 Å². The maximum Gasteiger partial charge on any atom is 0.335 e. The van der Waals surface area contributed by atoms with Gasteiger partial charge < -0.3 is 13.8 Å². The first kappa shape index (κ1) is 18.1. The Morgan fingerprint density at radius 3 is 2.43 bits per heavy atom. The van der Waals surface area contributed by atoms with Crippen LogP contribution in [-0.2, 0) is 19.8 Å². The Balaban J connectivity index is 2.14. The molecule has 0 N–H and O–H groups in total. The van der Waals surface area contributed by atoms with Gasteiger partial charge in [-0.2, -0.15) is 0 Å². The molecular weight excluding hydrogens is 381 g/mol. The van der Waals surface area contributed by atoms with Crippen molar-refractivity contribution in [1.82, 2.24) is 4.98 Å². The fourth-order valence-electron chi connectivity index (χ4n) is 2.02. The van der Waals surface area contributed by atoms with E-state index in [1.54, 1.807) is 19.9 Å². The molecule has 7 heteroatoms. The molecule has 0 fully saturated rings. The monoisotopic (exact) mass is 399 g/mol. The molecule has 1 aromatic carbocycles. The van der Waals surface area contributed by atoms with Crippen LogP contribution in [0.1, 0.15) is 19.4 Å². The van der Waals surface area contributed by atoms with Crippen LogP contribution < -0.4 is 4.74 Å². The Morgan fingerprint density at radius 1 is 1.09 bits per heavy atom. The highest BCUT2D eigenvalue weighted by atomic mass is 79.9. The summed E-state index contributed by atoms with van der Waals surface area (Å²) in [5.74, 6) is 1.10. The standard InChI is InChI=1S/C16H19BrNO4P/c1-3-20-23(19,21-4-2)12-13-7-5-8-14(11-13)22-16-10-6-9-15(17)18-16/h5-11H,3-4,12H2,1-2H3. The largest absolute Gasteiger partial charge is 0.439 e. The SMILES string of the molecule is CCOP(=O)(Cc1cccc(Oc2cccc(Br)n2)c1)OCC. The van der Waals surface area contributed by atoms with E-state index >= 15 is 0 Å². The lowest BCUT2D eigenvalue weighted by Crippen LogP contribution is -1.99. The summed E-state index contributed by atoms with van der Waals surface area (Å²) in [6.45, 7) is 4.28. The Bertz CT molecular complexity index is 685. The number of halogens is 1. The zero-order valence-corrected chi connectivity index (χ0v) is 15.5. The topological polar surface area (TPSA) is 57.7 Å². The van der Waals surface area contributed by atoms with E-state index in [1.807, 2.05) is 36.4 Å². The molecule has 0 radical (unpaired) electrons. The summed E-state index contributed by atoms with van der Waals surface area (Å²) in [4.78, 5) is 4.22.